The number of hydrogen-bond acceptors (Lipinski definition) is 3. The second kappa shape index (κ2) is 6.68. The van der Waals surface area contributed by atoms with E-state index >= 15 is 0 Å². The number of carboxylic acids is 1. The van der Waals surface area contributed by atoms with Crippen LogP contribution in [-0.4, -0.2) is 17.3 Å². The molecule has 0 aliphatic heterocycles. The van der Waals surface area contributed by atoms with E-state index in [4.69, 9.17) is 5.11 Å². The van der Waals surface area contributed by atoms with Crippen LogP contribution in [0.15, 0.2) is 58.3 Å². The average Bonchev–Trinajstić information content (AvgIpc) is 2.46. The van der Waals surface area contributed by atoms with Gasteiger partial charge in [-0.05, 0) is 42.2 Å². The fourth-order valence-electron chi connectivity index (χ4n) is 1.61. The van der Waals surface area contributed by atoms with Crippen LogP contribution < -0.4 is 0 Å². The zero-order chi connectivity index (χ0) is 13.7. The summed E-state index contributed by atoms with van der Waals surface area (Å²) in [6, 6.07) is 15.5. The van der Waals surface area contributed by atoms with Gasteiger partial charge < -0.3 is 5.11 Å². The van der Waals surface area contributed by atoms with E-state index in [9.17, 15) is 4.79 Å². The smallest absolute Gasteiger partial charge is 0.335 e. The molecule has 0 unspecified atom stereocenters. The predicted molar refractivity (Wildman–Crippen MR) is 81.2 cm³/mol. The third-order valence-corrected chi connectivity index (χ3v) is 4.45. The zero-order valence-corrected chi connectivity index (χ0v) is 12.1. The summed E-state index contributed by atoms with van der Waals surface area (Å²) in [5, 5.41) is 8.94. The summed E-state index contributed by atoms with van der Waals surface area (Å²) in [6.45, 7) is 0. The summed E-state index contributed by atoms with van der Waals surface area (Å²) in [4.78, 5) is 13.1. The molecule has 0 atom stereocenters. The topological polar surface area (TPSA) is 37.3 Å². The van der Waals surface area contributed by atoms with Crippen molar-refractivity contribution >= 4 is 29.5 Å². The minimum absolute atomic E-state index is 0.336. The van der Waals surface area contributed by atoms with Gasteiger partial charge in [0.15, 0.2) is 0 Å². The number of hydrogen-bond donors (Lipinski definition) is 1. The molecule has 2 rings (SSSR count). The lowest BCUT2D eigenvalue weighted by Gasteiger charge is -2.04. The van der Waals surface area contributed by atoms with Gasteiger partial charge in [-0.1, -0.05) is 18.2 Å². The summed E-state index contributed by atoms with van der Waals surface area (Å²) in [6.07, 6.45) is 2.06. The van der Waals surface area contributed by atoms with Crippen LogP contribution in [0.25, 0.3) is 0 Å². The van der Waals surface area contributed by atoms with E-state index in [1.165, 1.54) is 10.5 Å². The Bertz CT molecular complexity index is 565. The van der Waals surface area contributed by atoms with Crippen molar-refractivity contribution in [2.45, 2.75) is 15.5 Å². The van der Waals surface area contributed by atoms with Crippen LogP contribution in [0.3, 0.4) is 0 Å². The second-order valence-electron chi connectivity index (χ2n) is 3.97. The monoisotopic (exact) mass is 290 g/mol. The van der Waals surface area contributed by atoms with E-state index in [1.54, 1.807) is 41.7 Å². The van der Waals surface area contributed by atoms with Gasteiger partial charge in [-0.25, -0.2) is 4.79 Å². The molecule has 0 spiro atoms. The molecule has 0 fully saturated rings. The Labute approximate surface area is 121 Å². The number of aromatic carboxylic acids is 1. The van der Waals surface area contributed by atoms with Crippen LogP contribution in [0.5, 0.6) is 0 Å². The van der Waals surface area contributed by atoms with E-state index in [0.717, 1.165) is 10.6 Å². The number of rotatable bonds is 5. The first-order valence-electron chi connectivity index (χ1n) is 5.78. The number of carboxylic acid groups (broad SMARTS) is 1. The Morgan fingerprint density at radius 2 is 1.84 bits per heavy atom. The van der Waals surface area contributed by atoms with E-state index in [0.29, 0.717) is 5.56 Å². The molecule has 0 aliphatic carbocycles. The van der Waals surface area contributed by atoms with Crippen molar-refractivity contribution in [1.82, 2.24) is 0 Å². The van der Waals surface area contributed by atoms with Crippen molar-refractivity contribution in [2.24, 2.45) is 0 Å². The van der Waals surface area contributed by atoms with Crippen molar-refractivity contribution < 1.29 is 9.90 Å². The molecule has 19 heavy (non-hydrogen) atoms. The number of thioether (sulfide) groups is 2. The first kappa shape index (κ1) is 14.0. The van der Waals surface area contributed by atoms with Crippen LogP contribution in [0.1, 0.15) is 15.9 Å². The molecule has 0 radical (unpaired) electrons. The van der Waals surface area contributed by atoms with E-state index in [1.807, 2.05) is 6.07 Å². The Morgan fingerprint density at radius 1 is 1.11 bits per heavy atom. The van der Waals surface area contributed by atoms with Crippen molar-refractivity contribution in [2.75, 3.05) is 6.26 Å². The molecule has 4 heteroatoms. The summed E-state index contributed by atoms with van der Waals surface area (Å²) in [7, 11) is 0. The van der Waals surface area contributed by atoms with Gasteiger partial charge >= 0.3 is 5.97 Å². The van der Waals surface area contributed by atoms with Gasteiger partial charge in [0.25, 0.3) is 0 Å². The van der Waals surface area contributed by atoms with Crippen LogP contribution in [-0.2, 0) is 5.75 Å². The molecular weight excluding hydrogens is 276 g/mol. The summed E-state index contributed by atoms with van der Waals surface area (Å²) in [5.74, 6) is -0.0376. The maximum atomic E-state index is 10.9. The molecule has 0 saturated heterocycles. The zero-order valence-electron chi connectivity index (χ0n) is 10.5. The molecule has 2 aromatic carbocycles. The van der Waals surface area contributed by atoms with Crippen molar-refractivity contribution in [1.29, 1.82) is 0 Å². The lowest BCUT2D eigenvalue weighted by atomic mass is 10.2. The molecule has 2 nitrogen and oxygen atoms in total. The summed E-state index contributed by atoms with van der Waals surface area (Å²) in [5.41, 5.74) is 1.58. The quantitative estimate of drug-likeness (QED) is 0.828. The second-order valence-corrected chi connectivity index (χ2v) is 5.90. The lowest BCUT2D eigenvalue weighted by Crippen LogP contribution is -1.95. The highest BCUT2D eigenvalue weighted by Crippen LogP contribution is 2.24. The average molecular weight is 290 g/mol. The molecule has 0 aliphatic rings. The first-order valence-corrected chi connectivity index (χ1v) is 7.99. The normalized spacial score (nSPS) is 10.4. The standard InChI is InChI=1S/C15H14O2S2/c1-18-13-7-5-11(6-8-13)10-19-14-4-2-3-12(9-14)15(16)17/h2-9H,10H2,1H3,(H,16,17). The van der Waals surface area contributed by atoms with Crippen LogP contribution in [0.2, 0.25) is 0 Å². The summed E-state index contributed by atoms with van der Waals surface area (Å²) < 4.78 is 0. The predicted octanol–water partition coefficient (Wildman–Crippen LogP) is 4.40. The van der Waals surface area contributed by atoms with Crippen molar-refractivity contribution in [3.8, 4) is 0 Å². The highest BCUT2D eigenvalue weighted by Gasteiger charge is 2.03. The van der Waals surface area contributed by atoms with Crippen LogP contribution in [0, 0.1) is 0 Å². The van der Waals surface area contributed by atoms with Gasteiger partial charge in [0.1, 0.15) is 0 Å². The SMILES string of the molecule is CSc1ccc(CSc2cccc(C(=O)O)c2)cc1. The fraction of sp³-hybridized carbons (Fsp3) is 0.133. The number of benzene rings is 2. The Morgan fingerprint density at radius 3 is 2.47 bits per heavy atom. The van der Waals surface area contributed by atoms with E-state index in [-0.39, 0.29) is 0 Å². The maximum absolute atomic E-state index is 10.9. The van der Waals surface area contributed by atoms with Crippen molar-refractivity contribution in [3.63, 3.8) is 0 Å². The minimum Gasteiger partial charge on any atom is -0.478 e. The fourth-order valence-corrected chi connectivity index (χ4v) is 2.93. The Balaban J connectivity index is 2.01. The van der Waals surface area contributed by atoms with Gasteiger partial charge in [-0.3, -0.25) is 0 Å². The molecule has 0 bridgehead atoms. The van der Waals surface area contributed by atoms with Gasteiger partial charge in [-0.2, -0.15) is 0 Å². The Kier molecular flexibility index (Phi) is 4.93. The number of carbonyl (C=O) groups is 1. The molecule has 0 aromatic heterocycles. The molecule has 0 saturated carbocycles. The third-order valence-electron chi connectivity index (χ3n) is 2.65. The summed E-state index contributed by atoms with van der Waals surface area (Å²) >= 11 is 3.37. The largest absolute Gasteiger partial charge is 0.478 e. The molecule has 98 valence electrons. The first-order chi connectivity index (χ1) is 9.19. The maximum Gasteiger partial charge on any atom is 0.335 e. The molecular formula is C15H14O2S2. The van der Waals surface area contributed by atoms with Crippen LogP contribution in [0.4, 0.5) is 0 Å². The lowest BCUT2D eigenvalue weighted by molar-refractivity contribution is 0.0696. The van der Waals surface area contributed by atoms with E-state index in [2.05, 4.69) is 30.5 Å². The van der Waals surface area contributed by atoms with Gasteiger partial charge in [0, 0.05) is 15.5 Å². The van der Waals surface area contributed by atoms with Crippen LogP contribution >= 0.6 is 23.5 Å². The highest BCUT2D eigenvalue weighted by atomic mass is 32.2. The van der Waals surface area contributed by atoms with E-state index < -0.39 is 5.97 Å². The minimum atomic E-state index is -0.883. The van der Waals surface area contributed by atoms with Gasteiger partial charge in [0.05, 0.1) is 5.56 Å². The van der Waals surface area contributed by atoms with Crippen molar-refractivity contribution in [3.05, 3.63) is 59.7 Å². The van der Waals surface area contributed by atoms with Gasteiger partial charge in [0.2, 0.25) is 0 Å². The molecule has 0 heterocycles. The highest BCUT2D eigenvalue weighted by molar-refractivity contribution is 7.98. The Hall–Kier alpha value is -1.39. The molecule has 1 N–H and O–H groups in total. The van der Waals surface area contributed by atoms with Gasteiger partial charge in [-0.15, -0.1) is 23.5 Å². The third kappa shape index (κ3) is 4.04. The molecule has 0 amide bonds. The molecule has 2 aromatic rings.